The van der Waals surface area contributed by atoms with E-state index < -0.39 is 0 Å². The molecule has 3 rings (SSSR count). The number of likely N-dealkylation sites (tertiary alicyclic amines) is 1. The largest absolute Gasteiger partial charge is 0.371 e. The first kappa shape index (κ1) is 23.4. The molecule has 0 aromatic heterocycles. The van der Waals surface area contributed by atoms with Crippen molar-refractivity contribution in [3.8, 4) is 6.07 Å². The van der Waals surface area contributed by atoms with E-state index in [0.717, 1.165) is 61.4 Å². The van der Waals surface area contributed by atoms with Gasteiger partial charge in [0, 0.05) is 31.0 Å². The number of carbonyl (C=O) groups is 1. The van der Waals surface area contributed by atoms with Crippen LogP contribution in [0.5, 0.6) is 0 Å². The molecule has 32 heavy (non-hydrogen) atoms. The molecule has 0 radical (unpaired) electrons. The van der Waals surface area contributed by atoms with E-state index in [0.29, 0.717) is 18.0 Å². The van der Waals surface area contributed by atoms with Crippen LogP contribution in [0.3, 0.4) is 0 Å². The third-order valence-electron chi connectivity index (χ3n) is 6.10. The average molecular weight is 432 g/mol. The van der Waals surface area contributed by atoms with E-state index in [9.17, 15) is 4.79 Å². The van der Waals surface area contributed by atoms with Crippen LogP contribution in [0.25, 0.3) is 5.70 Å². The normalized spacial score (nSPS) is 14.0. The van der Waals surface area contributed by atoms with Gasteiger partial charge in [-0.15, -0.1) is 0 Å². The zero-order valence-electron chi connectivity index (χ0n) is 19.1. The minimum atomic E-state index is -0.185. The summed E-state index contributed by atoms with van der Waals surface area (Å²) in [7, 11) is 1.90. The minimum Gasteiger partial charge on any atom is -0.371 e. The second kappa shape index (κ2) is 11.4. The Kier molecular flexibility index (Phi) is 8.29. The number of rotatable bonds is 8. The molecule has 1 aliphatic rings. The van der Waals surface area contributed by atoms with Crippen LogP contribution in [0.4, 0.5) is 10.5 Å². The summed E-state index contributed by atoms with van der Waals surface area (Å²) in [6.45, 7) is 9.71. The minimum absolute atomic E-state index is 0.185. The smallest absolute Gasteiger partial charge is 0.319 e. The van der Waals surface area contributed by atoms with Gasteiger partial charge in [-0.2, -0.15) is 5.26 Å². The Balaban J connectivity index is 1.57. The van der Waals surface area contributed by atoms with Gasteiger partial charge in [-0.1, -0.05) is 30.8 Å². The maximum Gasteiger partial charge on any atom is 0.319 e. The van der Waals surface area contributed by atoms with Crippen LogP contribution in [-0.4, -0.2) is 44.2 Å². The number of urea groups is 1. The maximum absolute atomic E-state index is 12.2. The molecule has 6 nitrogen and oxygen atoms in total. The topological polar surface area (TPSA) is 80.2 Å². The fraction of sp³-hybridized carbons (Fsp3) is 0.385. The molecule has 2 amide bonds. The van der Waals surface area contributed by atoms with Gasteiger partial charge in [0.15, 0.2) is 0 Å². The van der Waals surface area contributed by atoms with Crippen molar-refractivity contribution in [2.75, 3.05) is 38.5 Å². The SMILES string of the molecule is C=C(c1ccc(C)c(NC(=O)NCCCNC)c1)N1CCC(c2ccc(C#N)cc2)CC1. The molecule has 0 atom stereocenters. The van der Waals surface area contributed by atoms with E-state index in [1.807, 2.05) is 38.2 Å². The number of nitrogens with zero attached hydrogens (tertiary/aromatic N) is 2. The Morgan fingerprint density at radius 3 is 2.53 bits per heavy atom. The molecule has 168 valence electrons. The lowest BCUT2D eigenvalue weighted by atomic mass is 9.88. The van der Waals surface area contributed by atoms with E-state index >= 15 is 0 Å². The number of hydrogen-bond acceptors (Lipinski definition) is 4. The van der Waals surface area contributed by atoms with Gasteiger partial charge >= 0.3 is 6.03 Å². The molecule has 2 aromatic carbocycles. The quantitative estimate of drug-likeness (QED) is 0.540. The number of hydrogen-bond donors (Lipinski definition) is 3. The zero-order valence-corrected chi connectivity index (χ0v) is 19.1. The van der Waals surface area contributed by atoms with Crippen LogP contribution in [-0.2, 0) is 0 Å². The molecular weight excluding hydrogens is 398 g/mol. The Morgan fingerprint density at radius 2 is 1.88 bits per heavy atom. The molecule has 0 spiro atoms. The lowest BCUT2D eigenvalue weighted by molar-refractivity contribution is 0.252. The van der Waals surface area contributed by atoms with Crippen molar-refractivity contribution >= 4 is 17.4 Å². The molecule has 3 N–H and O–H groups in total. The molecule has 0 aliphatic carbocycles. The van der Waals surface area contributed by atoms with E-state index in [1.54, 1.807) is 0 Å². The Morgan fingerprint density at radius 1 is 1.16 bits per heavy atom. The Labute approximate surface area is 191 Å². The van der Waals surface area contributed by atoms with Gasteiger partial charge in [0.25, 0.3) is 0 Å². The first-order valence-corrected chi connectivity index (χ1v) is 11.3. The highest BCUT2D eigenvalue weighted by atomic mass is 16.2. The van der Waals surface area contributed by atoms with Crippen molar-refractivity contribution in [2.45, 2.75) is 32.1 Å². The van der Waals surface area contributed by atoms with Crippen LogP contribution < -0.4 is 16.0 Å². The van der Waals surface area contributed by atoms with Crippen LogP contribution in [0.15, 0.2) is 49.0 Å². The number of anilines is 1. The molecule has 1 saturated heterocycles. The third-order valence-corrected chi connectivity index (χ3v) is 6.10. The maximum atomic E-state index is 12.2. The standard InChI is InChI=1S/C26H33N5O/c1-19-5-8-24(17-25(19)30-26(32)29-14-4-13-28-3)20(2)31-15-11-23(12-16-31)22-9-6-21(18-27)7-10-22/h5-10,17,23,28H,2,4,11-16H2,1,3H3,(H2,29,30,32). The monoisotopic (exact) mass is 431 g/mol. The molecular formula is C26H33N5O. The predicted octanol–water partition coefficient (Wildman–Crippen LogP) is 4.45. The summed E-state index contributed by atoms with van der Waals surface area (Å²) in [5.74, 6) is 0.508. The summed E-state index contributed by atoms with van der Waals surface area (Å²) in [5, 5.41) is 17.9. The summed E-state index contributed by atoms with van der Waals surface area (Å²) in [5.41, 5.74) is 5.85. The van der Waals surface area contributed by atoms with Crippen molar-refractivity contribution < 1.29 is 4.79 Å². The van der Waals surface area contributed by atoms with E-state index in [-0.39, 0.29) is 6.03 Å². The van der Waals surface area contributed by atoms with Gasteiger partial charge in [-0.25, -0.2) is 4.79 Å². The predicted molar refractivity (Wildman–Crippen MR) is 130 cm³/mol. The van der Waals surface area contributed by atoms with Crippen LogP contribution in [0.2, 0.25) is 0 Å². The molecule has 0 bridgehead atoms. The van der Waals surface area contributed by atoms with Crippen LogP contribution >= 0.6 is 0 Å². The average Bonchev–Trinajstić information content (AvgIpc) is 2.83. The highest BCUT2D eigenvalue weighted by molar-refractivity contribution is 5.90. The number of nitrogens with one attached hydrogen (secondary N) is 3. The number of aryl methyl sites for hydroxylation is 1. The Bertz CT molecular complexity index is 969. The molecule has 0 saturated carbocycles. The lowest BCUT2D eigenvalue weighted by Gasteiger charge is -2.35. The summed E-state index contributed by atoms with van der Waals surface area (Å²) >= 11 is 0. The molecule has 1 aliphatic heterocycles. The number of piperidine rings is 1. The Hall–Kier alpha value is -3.30. The molecule has 6 heteroatoms. The summed E-state index contributed by atoms with van der Waals surface area (Å²) < 4.78 is 0. The molecule has 1 heterocycles. The zero-order chi connectivity index (χ0) is 22.9. The van der Waals surface area contributed by atoms with Gasteiger partial charge in [0.2, 0.25) is 0 Å². The summed E-state index contributed by atoms with van der Waals surface area (Å²) in [6.07, 6.45) is 2.99. The van der Waals surface area contributed by atoms with Gasteiger partial charge in [-0.05, 0) is 80.6 Å². The summed E-state index contributed by atoms with van der Waals surface area (Å²) in [6, 6.07) is 16.1. The molecule has 2 aromatic rings. The van der Waals surface area contributed by atoms with Crippen molar-refractivity contribution in [1.82, 2.24) is 15.5 Å². The van der Waals surface area contributed by atoms with Crippen molar-refractivity contribution in [1.29, 1.82) is 5.26 Å². The molecule has 0 unspecified atom stereocenters. The van der Waals surface area contributed by atoms with Crippen LogP contribution in [0.1, 0.15) is 47.4 Å². The van der Waals surface area contributed by atoms with Gasteiger partial charge in [0.1, 0.15) is 0 Å². The number of benzene rings is 2. The van der Waals surface area contributed by atoms with Gasteiger partial charge in [-0.3, -0.25) is 0 Å². The number of nitriles is 1. The second-order valence-corrected chi connectivity index (χ2v) is 8.31. The van der Waals surface area contributed by atoms with E-state index in [2.05, 4.69) is 51.7 Å². The van der Waals surface area contributed by atoms with Gasteiger partial charge < -0.3 is 20.9 Å². The highest BCUT2D eigenvalue weighted by Crippen LogP contribution is 2.32. The van der Waals surface area contributed by atoms with Crippen molar-refractivity contribution in [3.63, 3.8) is 0 Å². The van der Waals surface area contributed by atoms with E-state index in [4.69, 9.17) is 5.26 Å². The van der Waals surface area contributed by atoms with E-state index in [1.165, 1.54) is 5.56 Å². The molecule has 1 fully saturated rings. The number of amides is 2. The third kappa shape index (κ3) is 6.12. The number of carbonyl (C=O) groups excluding carboxylic acids is 1. The highest BCUT2D eigenvalue weighted by Gasteiger charge is 2.22. The first-order valence-electron chi connectivity index (χ1n) is 11.3. The van der Waals surface area contributed by atoms with Crippen LogP contribution in [0, 0.1) is 18.3 Å². The fourth-order valence-electron chi connectivity index (χ4n) is 4.06. The van der Waals surface area contributed by atoms with Crippen molar-refractivity contribution in [3.05, 3.63) is 71.3 Å². The fourth-order valence-corrected chi connectivity index (χ4v) is 4.06. The van der Waals surface area contributed by atoms with Crippen molar-refractivity contribution in [2.24, 2.45) is 0 Å². The summed E-state index contributed by atoms with van der Waals surface area (Å²) in [4.78, 5) is 14.6. The first-order chi connectivity index (χ1) is 15.5. The van der Waals surface area contributed by atoms with Gasteiger partial charge in [0.05, 0.1) is 11.6 Å². The second-order valence-electron chi connectivity index (χ2n) is 8.31. The lowest BCUT2D eigenvalue weighted by Crippen LogP contribution is -2.32.